The van der Waals surface area contributed by atoms with Crippen molar-refractivity contribution in [2.75, 3.05) is 6.54 Å². The van der Waals surface area contributed by atoms with Crippen molar-refractivity contribution in [2.24, 2.45) is 11.1 Å². The molecule has 0 saturated carbocycles. The predicted octanol–water partition coefficient (Wildman–Crippen LogP) is 2.75. The first-order valence-electron chi connectivity index (χ1n) is 6.19. The SMILES string of the molecule is CC1CN(Cc2ccccc2)C(C)C/C1=N/O. The number of nitrogens with zero attached hydrogens (tertiary/aromatic N) is 2. The van der Waals surface area contributed by atoms with E-state index in [0.29, 0.717) is 12.0 Å². The van der Waals surface area contributed by atoms with Gasteiger partial charge in [0, 0.05) is 31.5 Å². The zero-order valence-electron chi connectivity index (χ0n) is 10.5. The van der Waals surface area contributed by atoms with E-state index in [1.165, 1.54) is 5.56 Å². The van der Waals surface area contributed by atoms with Crippen LogP contribution in [0.3, 0.4) is 0 Å². The van der Waals surface area contributed by atoms with Crippen molar-refractivity contribution in [3.8, 4) is 0 Å². The van der Waals surface area contributed by atoms with Gasteiger partial charge in [0.1, 0.15) is 0 Å². The third-order valence-corrected chi connectivity index (χ3v) is 3.56. The van der Waals surface area contributed by atoms with Crippen LogP contribution in [0, 0.1) is 5.92 Å². The molecule has 0 bridgehead atoms. The fraction of sp³-hybridized carbons (Fsp3) is 0.500. The Hall–Kier alpha value is -1.35. The van der Waals surface area contributed by atoms with E-state index in [2.05, 4.69) is 48.2 Å². The molecule has 0 amide bonds. The Kier molecular flexibility index (Phi) is 3.79. The summed E-state index contributed by atoms with van der Waals surface area (Å²) < 4.78 is 0. The molecule has 3 heteroatoms. The fourth-order valence-corrected chi connectivity index (χ4v) is 2.45. The Labute approximate surface area is 103 Å². The van der Waals surface area contributed by atoms with Crippen LogP contribution in [0.2, 0.25) is 0 Å². The average Bonchev–Trinajstić information content (AvgIpc) is 2.34. The van der Waals surface area contributed by atoms with Crippen LogP contribution in [-0.4, -0.2) is 28.4 Å². The smallest absolute Gasteiger partial charge is 0.0627 e. The molecule has 17 heavy (non-hydrogen) atoms. The summed E-state index contributed by atoms with van der Waals surface area (Å²) in [6.45, 7) is 6.26. The number of oxime groups is 1. The molecule has 1 saturated heterocycles. The van der Waals surface area contributed by atoms with Gasteiger partial charge in [-0.15, -0.1) is 0 Å². The Morgan fingerprint density at radius 2 is 2.00 bits per heavy atom. The van der Waals surface area contributed by atoms with Crippen LogP contribution >= 0.6 is 0 Å². The summed E-state index contributed by atoms with van der Waals surface area (Å²) >= 11 is 0. The van der Waals surface area contributed by atoms with Gasteiger partial charge in [-0.1, -0.05) is 42.4 Å². The van der Waals surface area contributed by atoms with Gasteiger partial charge in [-0.25, -0.2) is 0 Å². The van der Waals surface area contributed by atoms with Crippen molar-refractivity contribution in [1.82, 2.24) is 4.90 Å². The van der Waals surface area contributed by atoms with Crippen LogP contribution < -0.4 is 0 Å². The molecule has 92 valence electrons. The minimum absolute atomic E-state index is 0.347. The summed E-state index contributed by atoms with van der Waals surface area (Å²) in [6, 6.07) is 11.0. The van der Waals surface area contributed by atoms with Gasteiger partial charge in [-0.3, -0.25) is 4.90 Å². The number of likely N-dealkylation sites (tertiary alicyclic amines) is 1. The maximum atomic E-state index is 8.92. The highest BCUT2D eigenvalue weighted by atomic mass is 16.4. The van der Waals surface area contributed by atoms with E-state index in [9.17, 15) is 0 Å². The summed E-state index contributed by atoms with van der Waals surface area (Å²) in [5.41, 5.74) is 2.28. The highest BCUT2D eigenvalue weighted by Gasteiger charge is 2.27. The summed E-state index contributed by atoms with van der Waals surface area (Å²) in [5.74, 6) is 0.347. The van der Waals surface area contributed by atoms with E-state index in [-0.39, 0.29) is 0 Å². The third-order valence-electron chi connectivity index (χ3n) is 3.56. The topological polar surface area (TPSA) is 35.8 Å². The van der Waals surface area contributed by atoms with Crippen molar-refractivity contribution in [3.05, 3.63) is 35.9 Å². The maximum absolute atomic E-state index is 8.92. The molecule has 2 rings (SSSR count). The van der Waals surface area contributed by atoms with Crippen LogP contribution in [0.5, 0.6) is 0 Å². The molecular formula is C14H20N2O. The molecule has 1 fully saturated rings. The fourth-order valence-electron chi connectivity index (χ4n) is 2.45. The first kappa shape index (κ1) is 12.1. The highest BCUT2D eigenvalue weighted by molar-refractivity contribution is 5.87. The molecule has 0 aromatic heterocycles. The number of piperidine rings is 1. The van der Waals surface area contributed by atoms with Gasteiger partial charge < -0.3 is 5.21 Å². The zero-order chi connectivity index (χ0) is 12.3. The van der Waals surface area contributed by atoms with Gasteiger partial charge >= 0.3 is 0 Å². The Bertz CT molecular complexity index is 388. The van der Waals surface area contributed by atoms with Crippen molar-refractivity contribution in [3.63, 3.8) is 0 Å². The lowest BCUT2D eigenvalue weighted by Gasteiger charge is -2.37. The summed E-state index contributed by atoms with van der Waals surface area (Å²) in [5, 5.41) is 12.3. The van der Waals surface area contributed by atoms with Gasteiger partial charge in [-0.05, 0) is 12.5 Å². The second-order valence-corrected chi connectivity index (χ2v) is 4.96. The minimum Gasteiger partial charge on any atom is -0.411 e. The van der Waals surface area contributed by atoms with Gasteiger partial charge in [0.25, 0.3) is 0 Å². The van der Waals surface area contributed by atoms with Crippen LogP contribution in [0.25, 0.3) is 0 Å². The van der Waals surface area contributed by atoms with E-state index in [4.69, 9.17) is 5.21 Å². The van der Waals surface area contributed by atoms with Gasteiger partial charge in [0.05, 0.1) is 5.71 Å². The van der Waals surface area contributed by atoms with E-state index in [1.807, 2.05) is 6.07 Å². The standard InChI is InChI=1S/C14H20N2O/c1-11-9-16(12(2)8-14(11)15-17)10-13-6-4-3-5-7-13/h3-7,11-12,17H,8-10H2,1-2H3/b15-14-. The molecular weight excluding hydrogens is 212 g/mol. The first-order chi connectivity index (χ1) is 8.20. The molecule has 1 heterocycles. The molecule has 1 aliphatic heterocycles. The van der Waals surface area contributed by atoms with Gasteiger partial charge in [0.15, 0.2) is 0 Å². The molecule has 0 aliphatic carbocycles. The van der Waals surface area contributed by atoms with Crippen LogP contribution in [-0.2, 0) is 6.54 Å². The van der Waals surface area contributed by atoms with Crippen molar-refractivity contribution in [1.29, 1.82) is 0 Å². The van der Waals surface area contributed by atoms with Crippen LogP contribution in [0.4, 0.5) is 0 Å². The van der Waals surface area contributed by atoms with Gasteiger partial charge in [0.2, 0.25) is 0 Å². The van der Waals surface area contributed by atoms with Crippen molar-refractivity contribution < 1.29 is 5.21 Å². The van der Waals surface area contributed by atoms with E-state index in [1.54, 1.807) is 0 Å². The zero-order valence-corrected chi connectivity index (χ0v) is 10.5. The molecule has 1 aromatic rings. The Balaban J connectivity index is 2.03. The molecule has 1 aliphatic rings. The lowest BCUT2D eigenvalue weighted by Crippen LogP contribution is -2.44. The molecule has 0 spiro atoms. The van der Waals surface area contributed by atoms with Crippen molar-refractivity contribution in [2.45, 2.75) is 32.9 Å². The number of hydrogen-bond donors (Lipinski definition) is 1. The molecule has 3 nitrogen and oxygen atoms in total. The second-order valence-electron chi connectivity index (χ2n) is 4.96. The van der Waals surface area contributed by atoms with Crippen molar-refractivity contribution >= 4 is 5.71 Å². The normalized spacial score (nSPS) is 28.5. The predicted molar refractivity (Wildman–Crippen MR) is 69.3 cm³/mol. The molecule has 1 aromatic carbocycles. The van der Waals surface area contributed by atoms with Gasteiger partial charge in [-0.2, -0.15) is 0 Å². The monoisotopic (exact) mass is 232 g/mol. The summed E-state index contributed by atoms with van der Waals surface area (Å²) in [6.07, 6.45) is 0.866. The Morgan fingerprint density at radius 1 is 1.29 bits per heavy atom. The summed E-state index contributed by atoms with van der Waals surface area (Å²) in [7, 11) is 0. The lowest BCUT2D eigenvalue weighted by atomic mass is 9.92. The third kappa shape index (κ3) is 2.86. The second kappa shape index (κ2) is 5.32. The molecule has 2 atom stereocenters. The molecule has 1 N–H and O–H groups in total. The van der Waals surface area contributed by atoms with E-state index >= 15 is 0 Å². The quantitative estimate of drug-likeness (QED) is 0.628. The first-order valence-corrected chi connectivity index (χ1v) is 6.19. The number of rotatable bonds is 2. The average molecular weight is 232 g/mol. The number of hydrogen-bond acceptors (Lipinski definition) is 3. The number of benzene rings is 1. The largest absolute Gasteiger partial charge is 0.411 e. The molecule has 2 unspecified atom stereocenters. The van der Waals surface area contributed by atoms with Crippen LogP contribution in [0.15, 0.2) is 35.5 Å². The summed E-state index contributed by atoms with van der Waals surface area (Å²) in [4.78, 5) is 2.45. The van der Waals surface area contributed by atoms with E-state index in [0.717, 1.165) is 25.2 Å². The molecule has 0 radical (unpaired) electrons. The lowest BCUT2D eigenvalue weighted by molar-refractivity contribution is 0.168. The highest BCUT2D eigenvalue weighted by Crippen LogP contribution is 2.21. The van der Waals surface area contributed by atoms with E-state index < -0.39 is 0 Å². The minimum atomic E-state index is 0.347. The van der Waals surface area contributed by atoms with Crippen LogP contribution in [0.1, 0.15) is 25.8 Å². The maximum Gasteiger partial charge on any atom is 0.0627 e. The Morgan fingerprint density at radius 3 is 2.65 bits per heavy atom.